The minimum absolute atomic E-state index is 0.00633. The molecule has 0 saturated carbocycles. The lowest BCUT2D eigenvalue weighted by Gasteiger charge is -2.36. The predicted molar refractivity (Wildman–Crippen MR) is 98.4 cm³/mol. The number of rotatable bonds is 3. The Hall–Kier alpha value is -1.95. The van der Waals surface area contributed by atoms with E-state index in [9.17, 15) is 4.79 Å². The van der Waals surface area contributed by atoms with Gasteiger partial charge in [0.05, 0.1) is 0 Å². The van der Waals surface area contributed by atoms with Crippen LogP contribution in [-0.2, 0) is 6.42 Å². The summed E-state index contributed by atoms with van der Waals surface area (Å²) >= 11 is 3.34. The topological polar surface area (TPSA) is 49.3 Å². The number of halogens is 1. The highest BCUT2D eigenvalue weighted by Crippen LogP contribution is 2.20. The molecule has 0 unspecified atom stereocenters. The molecule has 0 spiro atoms. The first-order chi connectivity index (χ1) is 11.6. The van der Waals surface area contributed by atoms with E-state index in [2.05, 4.69) is 50.7 Å². The zero-order valence-corrected chi connectivity index (χ0v) is 15.6. The van der Waals surface area contributed by atoms with E-state index >= 15 is 0 Å². The maximum absolute atomic E-state index is 12.5. The number of anilines is 1. The summed E-state index contributed by atoms with van der Waals surface area (Å²) in [6.45, 7) is 7.20. The van der Waals surface area contributed by atoms with Crippen LogP contribution < -0.4 is 4.90 Å². The van der Waals surface area contributed by atoms with Crippen LogP contribution in [0.15, 0.2) is 35.1 Å². The third kappa shape index (κ3) is 3.59. The van der Waals surface area contributed by atoms with Gasteiger partial charge in [-0.1, -0.05) is 13.0 Å². The predicted octanol–water partition coefficient (Wildman–Crippen LogP) is 3.07. The Morgan fingerprint density at radius 3 is 2.50 bits per heavy atom. The van der Waals surface area contributed by atoms with E-state index in [1.165, 1.54) is 11.1 Å². The lowest BCUT2D eigenvalue weighted by molar-refractivity contribution is 0.0740. The van der Waals surface area contributed by atoms with Gasteiger partial charge in [0.2, 0.25) is 0 Å². The maximum atomic E-state index is 12.5. The SMILES string of the molecule is CCc1cnc(N2CCN(C(=O)c3ccc(Br)cn3)CC2)c(C)c1. The van der Waals surface area contributed by atoms with Crippen molar-refractivity contribution in [1.29, 1.82) is 0 Å². The molecule has 0 atom stereocenters. The molecule has 1 saturated heterocycles. The minimum atomic E-state index is -0.00633. The Morgan fingerprint density at radius 2 is 1.92 bits per heavy atom. The molecule has 0 N–H and O–H groups in total. The Balaban J connectivity index is 1.65. The molecular weight excluding hydrogens is 368 g/mol. The van der Waals surface area contributed by atoms with Crippen LogP contribution in [0.25, 0.3) is 0 Å². The number of nitrogens with zero attached hydrogens (tertiary/aromatic N) is 4. The van der Waals surface area contributed by atoms with E-state index in [1.54, 1.807) is 12.3 Å². The Bertz CT molecular complexity index is 724. The number of pyridine rings is 2. The summed E-state index contributed by atoms with van der Waals surface area (Å²) in [5.74, 6) is 1.02. The maximum Gasteiger partial charge on any atom is 0.272 e. The van der Waals surface area contributed by atoms with Crippen LogP contribution in [0, 0.1) is 6.92 Å². The number of aryl methyl sites for hydroxylation is 2. The zero-order chi connectivity index (χ0) is 17.1. The van der Waals surface area contributed by atoms with Gasteiger partial charge in [0.15, 0.2) is 0 Å². The van der Waals surface area contributed by atoms with Crippen LogP contribution in [-0.4, -0.2) is 47.0 Å². The van der Waals surface area contributed by atoms with Crippen LogP contribution in [0.3, 0.4) is 0 Å². The summed E-state index contributed by atoms with van der Waals surface area (Å²) in [4.78, 5) is 25.5. The summed E-state index contributed by atoms with van der Waals surface area (Å²) in [5, 5.41) is 0. The molecule has 2 aromatic rings. The average molecular weight is 389 g/mol. The molecule has 126 valence electrons. The van der Waals surface area contributed by atoms with Crippen LogP contribution in [0.2, 0.25) is 0 Å². The van der Waals surface area contributed by atoms with Gasteiger partial charge in [-0.3, -0.25) is 4.79 Å². The van der Waals surface area contributed by atoms with Crippen LogP contribution in [0.4, 0.5) is 5.82 Å². The van der Waals surface area contributed by atoms with Gasteiger partial charge in [0.1, 0.15) is 11.5 Å². The molecule has 0 aliphatic carbocycles. The standard InChI is InChI=1S/C18H21BrN4O/c1-3-14-10-13(2)17(21-11-14)22-6-8-23(9-7-22)18(24)16-5-4-15(19)12-20-16/h4-5,10-12H,3,6-9H2,1-2H3. The molecule has 0 bridgehead atoms. The van der Waals surface area contributed by atoms with Gasteiger partial charge in [-0.05, 0) is 52.5 Å². The van der Waals surface area contributed by atoms with Gasteiger partial charge in [-0.2, -0.15) is 0 Å². The molecule has 6 heteroatoms. The summed E-state index contributed by atoms with van der Waals surface area (Å²) in [6, 6.07) is 5.80. The van der Waals surface area contributed by atoms with E-state index in [1.807, 2.05) is 17.2 Å². The molecule has 3 heterocycles. The highest BCUT2D eigenvalue weighted by atomic mass is 79.9. The monoisotopic (exact) mass is 388 g/mol. The number of carbonyl (C=O) groups is 1. The average Bonchev–Trinajstić information content (AvgIpc) is 2.62. The van der Waals surface area contributed by atoms with Crippen molar-refractivity contribution in [3.05, 3.63) is 51.9 Å². The first kappa shape index (κ1) is 16.9. The molecule has 0 radical (unpaired) electrons. The number of piperazine rings is 1. The van der Waals surface area contributed by atoms with Gasteiger partial charge >= 0.3 is 0 Å². The van der Waals surface area contributed by atoms with Crippen molar-refractivity contribution in [3.63, 3.8) is 0 Å². The van der Waals surface area contributed by atoms with E-state index in [-0.39, 0.29) is 5.91 Å². The van der Waals surface area contributed by atoms with E-state index < -0.39 is 0 Å². The fraction of sp³-hybridized carbons (Fsp3) is 0.389. The second-order valence-corrected chi connectivity index (χ2v) is 6.89. The van der Waals surface area contributed by atoms with Gasteiger partial charge in [0, 0.05) is 43.0 Å². The second kappa shape index (κ2) is 7.30. The molecule has 5 nitrogen and oxygen atoms in total. The minimum Gasteiger partial charge on any atom is -0.353 e. The van der Waals surface area contributed by atoms with Crippen LogP contribution in [0.1, 0.15) is 28.5 Å². The Labute approximate surface area is 150 Å². The largest absolute Gasteiger partial charge is 0.353 e. The van der Waals surface area contributed by atoms with Gasteiger partial charge < -0.3 is 9.80 Å². The molecule has 1 fully saturated rings. The van der Waals surface area contributed by atoms with Crippen LogP contribution in [0.5, 0.6) is 0 Å². The highest BCUT2D eigenvalue weighted by molar-refractivity contribution is 9.10. The summed E-state index contributed by atoms with van der Waals surface area (Å²) in [5.41, 5.74) is 2.95. The van der Waals surface area contributed by atoms with Crippen molar-refractivity contribution in [2.75, 3.05) is 31.1 Å². The third-order valence-corrected chi connectivity index (χ3v) is 4.80. The number of amides is 1. The van der Waals surface area contributed by atoms with Gasteiger partial charge in [-0.25, -0.2) is 9.97 Å². The quantitative estimate of drug-likeness (QED) is 0.810. The molecule has 3 rings (SSSR count). The first-order valence-electron chi connectivity index (χ1n) is 8.19. The Kier molecular flexibility index (Phi) is 5.14. The zero-order valence-electron chi connectivity index (χ0n) is 14.0. The summed E-state index contributed by atoms with van der Waals surface area (Å²) in [7, 11) is 0. The smallest absolute Gasteiger partial charge is 0.272 e. The van der Waals surface area contributed by atoms with Crippen molar-refractivity contribution < 1.29 is 4.79 Å². The van der Waals surface area contributed by atoms with Gasteiger partial charge in [0.25, 0.3) is 5.91 Å². The van der Waals surface area contributed by atoms with E-state index in [4.69, 9.17) is 0 Å². The lowest BCUT2D eigenvalue weighted by Crippen LogP contribution is -2.49. The first-order valence-corrected chi connectivity index (χ1v) is 8.99. The summed E-state index contributed by atoms with van der Waals surface area (Å²) < 4.78 is 0.876. The highest BCUT2D eigenvalue weighted by Gasteiger charge is 2.24. The fourth-order valence-corrected chi connectivity index (χ4v) is 3.17. The van der Waals surface area contributed by atoms with E-state index in [0.29, 0.717) is 18.8 Å². The van der Waals surface area contributed by atoms with E-state index in [0.717, 1.165) is 29.8 Å². The normalized spacial score (nSPS) is 14.8. The van der Waals surface area contributed by atoms with Gasteiger partial charge in [-0.15, -0.1) is 0 Å². The molecule has 0 aromatic carbocycles. The summed E-state index contributed by atoms with van der Waals surface area (Å²) in [6.07, 6.45) is 4.61. The molecule has 24 heavy (non-hydrogen) atoms. The molecule has 1 aliphatic rings. The number of carbonyl (C=O) groups excluding carboxylic acids is 1. The third-order valence-electron chi connectivity index (χ3n) is 4.33. The van der Waals surface area contributed by atoms with Crippen molar-refractivity contribution in [2.45, 2.75) is 20.3 Å². The lowest BCUT2D eigenvalue weighted by atomic mass is 10.1. The number of hydrogen-bond donors (Lipinski definition) is 0. The Morgan fingerprint density at radius 1 is 1.17 bits per heavy atom. The van der Waals surface area contributed by atoms with Crippen molar-refractivity contribution in [3.8, 4) is 0 Å². The second-order valence-electron chi connectivity index (χ2n) is 5.98. The van der Waals surface area contributed by atoms with Crippen molar-refractivity contribution in [2.24, 2.45) is 0 Å². The molecular formula is C18H21BrN4O. The fourth-order valence-electron chi connectivity index (χ4n) is 2.94. The van der Waals surface area contributed by atoms with Crippen molar-refractivity contribution in [1.82, 2.24) is 14.9 Å². The number of aromatic nitrogens is 2. The molecule has 1 aliphatic heterocycles. The number of hydrogen-bond acceptors (Lipinski definition) is 4. The van der Waals surface area contributed by atoms with Crippen LogP contribution >= 0.6 is 15.9 Å². The molecule has 1 amide bonds. The van der Waals surface area contributed by atoms with Crippen molar-refractivity contribution >= 4 is 27.7 Å². The molecule has 2 aromatic heterocycles.